The third-order valence-corrected chi connectivity index (χ3v) is 6.46. The average molecular weight is 411 g/mol. The fourth-order valence-electron chi connectivity index (χ4n) is 2.30. The van der Waals surface area contributed by atoms with Crippen molar-refractivity contribution in [3.63, 3.8) is 0 Å². The first-order valence-corrected chi connectivity index (χ1v) is 10.3. The number of aliphatic hydroxyl groups is 1. The van der Waals surface area contributed by atoms with E-state index in [0.29, 0.717) is 22.0 Å². The Bertz CT molecular complexity index is 1010. The summed E-state index contributed by atoms with van der Waals surface area (Å²) in [5, 5.41) is 12.5. The second-order valence-corrected chi connectivity index (χ2v) is 8.38. The molecule has 0 amide bonds. The minimum Gasteiger partial charge on any atom is -0.386 e. The summed E-state index contributed by atoms with van der Waals surface area (Å²) in [5.74, 6) is 0. The Morgan fingerprint density at radius 3 is 2.88 bits per heavy atom. The molecular weight excluding hydrogens is 396 g/mol. The number of aromatic nitrogens is 3. The number of aliphatic hydroxyl groups excluding tert-OH is 1. The summed E-state index contributed by atoms with van der Waals surface area (Å²) in [6.45, 7) is 1.64. The summed E-state index contributed by atoms with van der Waals surface area (Å²) < 4.78 is 27.6. The van der Waals surface area contributed by atoms with Gasteiger partial charge in [-0.1, -0.05) is 17.7 Å². The topological polar surface area (TPSA) is 105 Å². The highest BCUT2D eigenvalue weighted by Crippen LogP contribution is 2.27. The van der Waals surface area contributed by atoms with E-state index in [4.69, 9.17) is 11.6 Å². The summed E-state index contributed by atoms with van der Waals surface area (Å²) in [7, 11) is -3.80. The smallest absolute Gasteiger partial charge is 0.263 e. The van der Waals surface area contributed by atoms with Crippen LogP contribution in [0.4, 0.5) is 5.13 Å². The van der Waals surface area contributed by atoms with Crippen molar-refractivity contribution in [2.45, 2.75) is 24.3 Å². The van der Waals surface area contributed by atoms with Crippen LogP contribution in [0.15, 0.2) is 47.1 Å². The fourth-order valence-corrected chi connectivity index (χ4v) is 4.77. The van der Waals surface area contributed by atoms with Gasteiger partial charge >= 0.3 is 0 Å². The minimum atomic E-state index is -3.80. The molecule has 136 valence electrons. The molecule has 10 heteroatoms. The lowest BCUT2D eigenvalue weighted by atomic mass is 10.1. The van der Waals surface area contributed by atoms with Gasteiger partial charge in [0.25, 0.3) is 10.0 Å². The van der Waals surface area contributed by atoms with Crippen molar-refractivity contribution in [3.05, 3.63) is 64.1 Å². The van der Waals surface area contributed by atoms with Crippen LogP contribution in [0.3, 0.4) is 0 Å². The normalized spacial score (nSPS) is 12.7. The second-order valence-electron chi connectivity index (χ2n) is 5.47. The SMILES string of the molecule is Cc1c(Cl)cccc1S(=O)(=O)Nc1nc(CC(O)c2ccncn2)cs1. The summed E-state index contributed by atoms with van der Waals surface area (Å²) in [6, 6.07) is 6.31. The van der Waals surface area contributed by atoms with Gasteiger partial charge in [0.2, 0.25) is 0 Å². The van der Waals surface area contributed by atoms with Gasteiger partial charge in [0.1, 0.15) is 12.4 Å². The van der Waals surface area contributed by atoms with Gasteiger partial charge in [-0.2, -0.15) is 0 Å². The zero-order valence-electron chi connectivity index (χ0n) is 13.6. The first-order chi connectivity index (χ1) is 12.4. The van der Waals surface area contributed by atoms with Crippen LogP contribution in [0.25, 0.3) is 0 Å². The molecule has 1 unspecified atom stereocenters. The molecule has 26 heavy (non-hydrogen) atoms. The second kappa shape index (κ2) is 7.67. The first-order valence-electron chi connectivity index (χ1n) is 7.53. The van der Waals surface area contributed by atoms with Gasteiger partial charge in [-0.05, 0) is 30.7 Å². The van der Waals surface area contributed by atoms with Crippen molar-refractivity contribution >= 4 is 38.1 Å². The van der Waals surface area contributed by atoms with E-state index in [2.05, 4.69) is 19.7 Å². The van der Waals surface area contributed by atoms with Crippen LogP contribution in [0.1, 0.15) is 23.1 Å². The van der Waals surface area contributed by atoms with E-state index in [1.165, 1.54) is 12.4 Å². The Hall–Kier alpha value is -2.07. The molecule has 0 radical (unpaired) electrons. The third kappa shape index (κ3) is 4.18. The van der Waals surface area contributed by atoms with Crippen molar-refractivity contribution < 1.29 is 13.5 Å². The lowest BCUT2D eigenvalue weighted by molar-refractivity contribution is 0.172. The number of hydrogen-bond acceptors (Lipinski definition) is 7. The number of sulfonamides is 1. The van der Waals surface area contributed by atoms with Gasteiger partial charge in [0.05, 0.1) is 16.3 Å². The minimum absolute atomic E-state index is 0.0998. The zero-order valence-corrected chi connectivity index (χ0v) is 16.0. The predicted octanol–water partition coefficient (Wildman–Crippen LogP) is 2.97. The van der Waals surface area contributed by atoms with Crippen LogP contribution in [-0.2, 0) is 16.4 Å². The highest BCUT2D eigenvalue weighted by atomic mass is 35.5. The highest BCUT2D eigenvalue weighted by molar-refractivity contribution is 7.93. The van der Waals surface area contributed by atoms with E-state index in [-0.39, 0.29) is 16.4 Å². The molecule has 2 heterocycles. The van der Waals surface area contributed by atoms with Crippen LogP contribution >= 0.6 is 22.9 Å². The number of nitrogens with zero attached hydrogens (tertiary/aromatic N) is 3. The van der Waals surface area contributed by atoms with Crippen LogP contribution in [-0.4, -0.2) is 28.5 Å². The molecule has 0 fully saturated rings. The molecule has 2 aromatic heterocycles. The molecule has 0 aliphatic heterocycles. The number of anilines is 1. The molecule has 0 saturated carbocycles. The third-order valence-electron chi connectivity index (χ3n) is 3.63. The van der Waals surface area contributed by atoms with E-state index >= 15 is 0 Å². The van der Waals surface area contributed by atoms with E-state index in [9.17, 15) is 13.5 Å². The Morgan fingerprint density at radius 1 is 1.35 bits per heavy atom. The maximum Gasteiger partial charge on any atom is 0.263 e. The molecule has 0 spiro atoms. The Balaban J connectivity index is 1.75. The van der Waals surface area contributed by atoms with Gasteiger partial charge in [-0.15, -0.1) is 11.3 Å². The number of benzene rings is 1. The van der Waals surface area contributed by atoms with E-state index in [1.807, 2.05) is 0 Å². The molecule has 3 aromatic rings. The first kappa shape index (κ1) is 18.7. The molecule has 0 bridgehead atoms. The maximum absolute atomic E-state index is 12.6. The van der Waals surface area contributed by atoms with Crippen LogP contribution < -0.4 is 4.72 Å². The predicted molar refractivity (Wildman–Crippen MR) is 99.8 cm³/mol. The Morgan fingerprint density at radius 2 is 2.15 bits per heavy atom. The van der Waals surface area contributed by atoms with Crippen LogP contribution in [0.5, 0.6) is 0 Å². The average Bonchev–Trinajstić information content (AvgIpc) is 3.04. The summed E-state index contributed by atoms with van der Waals surface area (Å²) in [5.41, 5.74) is 1.50. The molecule has 1 aromatic carbocycles. The number of rotatable bonds is 6. The zero-order chi connectivity index (χ0) is 18.7. The van der Waals surface area contributed by atoms with Crippen LogP contribution in [0, 0.1) is 6.92 Å². The molecule has 0 saturated heterocycles. The van der Waals surface area contributed by atoms with Gasteiger partial charge in [0.15, 0.2) is 5.13 Å². The maximum atomic E-state index is 12.6. The Kier molecular flexibility index (Phi) is 5.52. The molecular formula is C16H15ClN4O3S2. The van der Waals surface area contributed by atoms with Crippen molar-refractivity contribution in [2.24, 2.45) is 0 Å². The number of thiazole rings is 1. The Labute approximate surface area is 159 Å². The number of hydrogen-bond donors (Lipinski definition) is 2. The largest absolute Gasteiger partial charge is 0.386 e. The van der Waals surface area contributed by atoms with Gasteiger partial charge in [0, 0.05) is 23.0 Å². The summed E-state index contributed by atoms with van der Waals surface area (Å²) in [4.78, 5) is 12.1. The molecule has 2 N–H and O–H groups in total. The molecule has 0 aliphatic rings. The quantitative estimate of drug-likeness (QED) is 0.647. The standard InChI is InChI=1S/C16H15ClN4O3S2/c1-10-12(17)3-2-4-15(10)26(23,24)21-16-20-11(8-25-16)7-14(22)13-5-6-18-9-19-13/h2-6,8-9,14,22H,7H2,1H3,(H,20,21). The summed E-state index contributed by atoms with van der Waals surface area (Å²) >= 11 is 7.14. The number of nitrogens with one attached hydrogen (secondary N) is 1. The molecule has 3 rings (SSSR count). The van der Waals surface area contributed by atoms with Gasteiger partial charge < -0.3 is 5.11 Å². The highest BCUT2D eigenvalue weighted by Gasteiger charge is 2.20. The van der Waals surface area contributed by atoms with Crippen molar-refractivity contribution in [1.82, 2.24) is 15.0 Å². The lowest BCUT2D eigenvalue weighted by Crippen LogP contribution is -2.14. The van der Waals surface area contributed by atoms with E-state index in [0.717, 1.165) is 11.3 Å². The van der Waals surface area contributed by atoms with E-state index in [1.54, 1.807) is 36.7 Å². The van der Waals surface area contributed by atoms with Gasteiger partial charge in [-0.3, -0.25) is 4.72 Å². The van der Waals surface area contributed by atoms with Crippen molar-refractivity contribution in [3.8, 4) is 0 Å². The van der Waals surface area contributed by atoms with Crippen molar-refractivity contribution in [1.29, 1.82) is 0 Å². The summed E-state index contributed by atoms with van der Waals surface area (Å²) in [6.07, 6.45) is 2.26. The monoisotopic (exact) mass is 410 g/mol. The molecule has 7 nitrogen and oxygen atoms in total. The van der Waals surface area contributed by atoms with E-state index < -0.39 is 16.1 Å². The fraction of sp³-hybridized carbons (Fsp3) is 0.188. The van der Waals surface area contributed by atoms with Crippen molar-refractivity contribution in [2.75, 3.05) is 4.72 Å². The van der Waals surface area contributed by atoms with Crippen LogP contribution in [0.2, 0.25) is 5.02 Å². The number of halogens is 1. The lowest BCUT2D eigenvalue weighted by Gasteiger charge is -2.09. The molecule has 0 aliphatic carbocycles. The van der Waals surface area contributed by atoms with Gasteiger partial charge in [-0.25, -0.2) is 23.4 Å². The molecule has 1 atom stereocenters.